The second-order valence-electron chi connectivity index (χ2n) is 4.13. The number of hydrogen-bond donors (Lipinski definition) is 1. The highest BCUT2D eigenvalue weighted by Gasteiger charge is 2.18. The summed E-state index contributed by atoms with van der Waals surface area (Å²) in [5.41, 5.74) is 0.900. The highest BCUT2D eigenvalue weighted by molar-refractivity contribution is 7.07. The molecule has 1 heterocycles. The second kappa shape index (κ2) is 7.53. The summed E-state index contributed by atoms with van der Waals surface area (Å²) < 4.78 is 8.62. The number of esters is 1. The van der Waals surface area contributed by atoms with E-state index in [0.29, 0.717) is 27.7 Å². The van der Waals surface area contributed by atoms with Crippen LogP contribution in [0, 0.1) is 0 Å². The van der Waals surface area contributed by atoms with E-state index in [9.17, 15) is 9.59 Å². The summed E-state index contributed by atoms with van der Waals surface area (Å²) in [4.78, 5) is 23.9. The number of aromatic nitrogens is 2. The quantitative estimate of drug-likeness (QED) is 0.828. The van der Waals surface area contributed by atoms with Crippen LogP contribution in [0.3, 0.4) is 0 Å². The Labute approximate surface area is 140 Å². The summed E-state index contributed by atoms with van der Waals surface area (Å²) in [5.74, 6) is -1.15. The third-order valence-electron chi connectivity index (χ3n) is 2.64. The Balaban J connectivity index is 1.93. The van der Waals surface area contributed by atoms with Gasteiger partial charge in [0, 0.05) is 0 Å². The second-order valence-corrected chi connectivity index (χ2v) is 5.67. The first-order valence-electron chi connectivity index (χ1n) is 6.25. The fourth-order valence-corrected chi connectivity index (χ4v) is 2.57. The maximum Gasteiger partial charge on any atom is 0.352 e. The molecule has 116 valence electrons. The molecule has 0 bridgehead atoms. The van der Waals surface area contributed by atoms with E-state index in [1.165, 1.54) is 0 Å². The SMILES string of the molecule is CCc1nnsc1C(=O)OCC(=O)Nc1cccc(Cl)c1Cl. The monoisotopic (exact) mass is 359 g/mol. The average molecular weight is 360 g/mol. The van der Waals surface area contributed by atoms with Crippen molar-refractivity contribution in [3.63, 3.8) is 0 Å². The molecule has 2 aromatic rings. The Morgan fingerprint density at radius 3 is 2.86 bits per heavy atom. The van der Waals surface area contributed by atoms with Gasteiger partial charge in [0.2, 0.25) is 0 Å². The van der Waals surface area contributed by atoms with Crippen LogP contribution in [-0.4, -0.2) is 28.1 Å². The minimum absolute atomic E-state index is 0.226. The zero-order valence-corrected chi connectivity index (χ0v) is 13.8. The Kier molecular flexibility index (Phi) is 5.70. The van der Waals surface area contributed by atoms with Gasteiger partial charge in [-0.2, -0.15) is 0 Å². The zero-order valence-electron chi connectivity index (χ0n) is 11.4. The molecule has 22 heavy (non-hydrogen) atoms. The van der Waals surface area contributed by atoms with E-state index in [2.05, 4.69) is 14.9 Å². The molecule has 0 aliphatic rings. The lowest BCUT2D eigenvalue weighted by Gasteiger charge is -2.08. The van der Waals surface area contributed by atoms with Gasteiger partial charge >= 0.3 is 5.97 Å². The highest BCUT2D eigenvalue weighted by atomic mass is 35.5. The minimum Gasteiger partial charge on any atom is -0.451 e. The number of halogens is 2. The van der Waals surface area contributed by atoms with Crippen LogP contribution in [0.15, 0.2) is 18.2 Å². The van der Waals surface area contributed by atoms with Crippen molar-refractivity contribution >= 4 is 52.3 Å². The molecule has 9 heteroatoms. The standard InChI is InChI=1S/C13H11Cl2N3O3S/c1-2-8-12(22-18-17-8)13(20)21-6-10(19)16-9-5-3-4-7(14)11(9)15/h3-5H,2,6H2,1H3,(H,16,19). The molecule has 0 aliphatic carbocycles. The van der Waals surface area contributed by atoms with Crippen LogP contribution >= 0.6 is 34.7 Å². The van der Waals surface area contributed by atoms with Gasteiger partial charge in [-0.15, -0.1) is 5.10 Å². The molecule has 0 atom stereocenters. The largest absolute Gasteiger partial charge is 0.451 e. The molecule has 0 spiro atoms. The number of carbonyl (C=O) groups is 2. The lowest BCUT2D eigenvalue weighted by Crippen LogP contribution is -2.21. The summed E-state index contributed by atoms with van der Waals surface area (Å²) in [6, 6.07) is 4.84. The van der Waals surface area contributed by atoms with Crippen molar-refractivity contribution in [2.45, 2.75) is 13.3 Å². The number of anilines is 1. The van der Waals surface area contributed by atoms with Crippen LogP contribution < -0.4 is 5.32 Å². The molecule has 1 aromatic heterocycles. The van der Waals surface area contributed by atoms with Crippen molar-refractivity contribution in [1.82, 2.24) is 9.59 Å². The smallest absolute Gasteiger partial charge is 0.352 e. The molecular formula is C13H11Cl2N3O3S. The van der Waals surface area contributed by atoms with Gasteiger partial charge in [-0.05, 0) is 30.1 Å². The van der Waals surface area contributed by atoms with E-state index in [1.54, 1.807) is 18.2 Å². The highest BCUT2D eigenvalue weighted by Crippen LogP contribution is 2.29. The summed E-state index contributed by atoms with van der Waals surface area (Å²) in [7, 11) is 0. The maximum absolute atomic E-state index is 11.8. The predicted octanol–water partition coefficient (Wildman–Crippen LogP) is 3.20. The van der Waals surface area contributed by atoms with Gasteiger partial charge in [0.05, 0.1) is 21.4 Å². The molecule has 0 radical (unpaired) electrons. The van der Waals surface area contributed by atoms with Crippen LogP contribution in [0.4, 0.5) is 5.69 Å². The minimum atomic E-state index is -0.626. The molecule has 0 unspecified atom stereocenters. The normalized spacial score (nSPS) is 10.3. The van der Waals surface area contributed by atoms with Crippen molar-refractivity contribution < 1.29 is 14.3 Å². The van der Waals surface area contributed by atoms with Crippen LogP contribution in [0.2, 0.25) is 10.0 Å². The third kappa shape index (κ3) is 3.94. The van der Waals surface area contributed by atoms with Crippen molar-refractivity contribution in [2.75, 3.05) is 11.9 Å². The molecule has 2 rings (SSSR count). The van der Waals surface area contributed by atoms with Gasteiger partial charge < -0.3 is 10.1 Å². The Hall–Kier alpha value is -1.70. The van der Waals surface area contributed by atoms with Gasteiger partial charge in [-0.3, -0.25) is 4.79 Å². The Morgan fingerprint density at radius 2 is 2.14 bits per heavy atom. The van der Waals surface area contributed by atoms with Gasteiger partial charge in [-0.25, -0.2) is 4.79 Å². The van der Waals surface area contributed by atoms with E-state index in [-0.39, 0.29) is 5.02 Å². The molecule has 6 nitrogen and oxygen atoms in total. The number of carbonyl (C=O) groups excluding carboxylic acids is 2. The van der Waals surface area contributed by atoms with Crippen LogP contribution in [0.25, 0.3) is 0 Å². The number of ether oxygens (including phenoxy) is 1. The van der Waals surface area contributed by atoms with Crippen LogP contribution in [0.5, 0.6) is 0 Å². The number of rotatable bonds is 5. The first-order valence-corrected chi connectivity index (χ1v) is 7.78. The number of aryl methyl sites for hydroxylation is 1. The van der Waals surface area contributed by atoms with Crippen LogP contribution in [-0.2, 0) is 16.0 Å². The van der Waals surface area contributed by atoms with Gasteiger partial charge in [-0.1, -0.05) is 40.7 Å². The third-order valence-corrected chi connectivity index (χ3v) is 4.20. The molecule has 0 saturated heterocycles. The van der Waals surface area contributed by atoms with Gasteiger partial charge in [0.15, 0.2) is 11.5 Å². The van der Waals surface area contributed by atoms with Crippen molar-refractivity contribution in [3.8, 4) is 0 Å². The topological polar surface area (TPSA) is 81.2 Å². The Bertz CT molecular complexity index is 706. The van der Waals surface area contributed by atoms with E-state index in [1.807, 2.05) is 6.92 Å². The molecule has 0 saturated carbocycles. The van der Waals surface area contributed by atoms with E-state index in [4.69, 9.17) is 27.9 Å². The zero-order chi connectivity index (χ0) is 16.1. The molecule has 0 aliphatic heterocycles. The number of benzene rings is 1. The van der Waals surface area contributed by atoms with Gasteiger partial charge in [0.1, 0.15) is 0 Å². The van der Waals surface area contributed by atoms with Crippen LogP contribution in [0.1, 0.15) is 22.3 Å². The van der Waals surface area contributed by atoms with E-state index < -0.39 is 18.5 Å². The first kappa shape index (κ1) is 16.7. The maximum atomic E-state index is 11.8. The van der Waals surface area contributed by atoms with Gasteiger partial charge in [0.25, 0.3) is 5.91 Å². The van der Waals surface area contributed by atoms with Crippen molar-refractivity contribution in [2.24, 2.45) is 0 Å². The summed E-state index contributed by atoms with van der Waals surface area (Å²) in [6.07, 6.45) is 0.561. The molecule has 1 aromatic carbocycles. The lowest BCUT2D eigenvalue weighted by molar-refractivity contribution is -0.119. The molecular weight excluding hydrogens is 349 g/mol. The Morgan fingerprint density at radius 1 is 1.36 bits per heavy atom. The van der Waals surface area contributed by atoms with E-state index in [0.717, 1.165) is 11.5 Å². The number of nitrogens with one attached hydrogen (secondary N) is 1. The first-order chi connectivity index (χ1) is 10.5. The summed E-state index contributed by atoms with van der Waals surface area (Å²) in [5, 5.41) is 6.87. The molecule has 1 amide bonds. The fraction of sp³-hybridized carbons (Fsp3) is 0.231. The summed E-state index contributed by atoms with van der Waals surface area (Å²) >= 11 is 12.7. The van der Waals surface area contributed by atoms with Crippen molar-refractivity contribution in [1.29, 1.82) is 0 Å². The van der Waals surface area contributed by atoms with Crippen molar-refractivity contribution in [3.05, 3.63) is 38.8 Å². The van der Waals surface area contributed by atoms with E-state index >= 15 is 0 Å². The predicted molar refractivity (Wildman–Crippen MR) is 84.7 cm³/mol. The number of nitrogens with zero attached hydrogens (tertiary/aromatic N) is 2. The molecule has 0 fully saturated rings. The molecule has 1 N–H and O–H groups in total. The lowest BCUT2D eigenvalue weighted by atomic mass is 10.3. The summed E-state index contributed by atoms with van der Waals surface area (Å²) in [6.45, 7) is 1.41. The number of amides is 1. The average Bonchev–Trinajstić information content (AvgIpc) is 2.98. The number of hydrogen-bond acceptors (Lipinski definition) is 6. The fourth-order valence-electron chi connectivity index (χ4n) is 1.58.